The van der Waals surface area contributed by atoms with Crippen LogP contribution in [0.3, 0.4) is 0 Å². The molecule has 2 unspecified atom stereocenters. The van der Waals surface area contributed by atoms with E-state index in [1.165, 1.54) is 6.20 Å². The Hall–Kier alpha value is -3.55. The van der Waals surface area contributed by atoms with Crippen LogP contribution in [0.4, 0.5) is 8.78 Å². The van der Waals surface area contributed by atoms with Gasteiger partial charge in [0.15, 0.2) is 5.78 Å². The molecule has 3 atom stereocenters. The fraction of sp³-hybridized carbons (Fsp3) is 0.370. The second-order valence-electron chi connectivity index (χ2n) is 9.39. The number of dihydropyridines is 1. The van der Waals surface area contributed by atoms with Gasteiger partial charge < -0.3 is 15.8 Å². The van der Waals surface area contributed by atoms with E-state index in [0.717, 1.165) is 17.7 Å². The molecule has 3 rings (SSSR count). The van der Waals surface area contributed by atoms with E-state index < -0.39 is 34.4 Å². The molecule has 2 heterocycles. The number of hydrogen-bond acceptors (Lipinski definition) is 6. The van der Waals surface area contributed by atoms with Crippen molar-refractivity contribution in [3.05, 3.63) is 93.4 Å². The third kappa shape index (κ3) is 5.26. The number of ether oxygens (including phenoxy) is 1. The number of nitrogens with one attached hydrogen (secondary N) is 1. The molecular weight excluding hydrogens is 452 g/mol. The van der Waals surface area contributed by atoms with Gasteiger partial charge in [0.25, 0.3) is 0 Å². The van der Waals surface area contributed by atoms with Crippen LogP contribution in [-0.2, 0) is 4.74 Å². The van der Waals surface area contributed by atoms with Crippen molar-refractivity contribution in [3.63, 3.8) is 0 Å². The van der Waals surface area contributed by atoms with Gasteiger partial charge in [-0.2, -0.15) is 4.91 Å². The second-order valence-corrected chi connectivity index (χ2v) is 9.39. The molecular formula is C27H31F2N3O3. The lowest BCUT2D eigenvalue weighted by atomic mass is 9.89. The van der Waals surface area contributed by atoms with Crippen molar-refractivity contribution in [2.45, 2.75) is 52.6 Å². The zero-order chi connectivity index (χ0) is 25.9. The van der Waals surface area contributed by atoms with E-state index in [4.69, 9.17) is 10.5 Å². The van der Waals surface area contributed by atoms with Crippen molar-refractivity contribution in [2.75, 3.05) is 0 Å². The SMILES string of the molecule is CC[C@@H](C)C(=O)c1c(F)cc(C2=CC(C)/C(=C(\C=C/N)C3=CC(C(C)(C)N=O)NC=C3)O2)cc1F. The number of hydrogen-bond donors (Lipinski definition) is 2. The molecule has 35 heavy (non-hydrogen) atoms. The highest BCUT2D eigenvalue weighted by molar-refractivity contribution is 5.98. The Morgan fingerprint density at radius 3 is 2.51 bits per heavy atom. The second kappa shape index (κ2) is 10.4. The summed E-state index contributed by atoms with van der Waals surface area (Å²) in [4.78, 5) is 23.7. The van der Waals surface area contributed by atoms with Crippen LogP contribution in [-0.4, -0.2) is 17.4 Å². The van der Waals surface area contributed by atoms with Crippen molar-refractivity contribution in [2.24, 2.45) is 22.7 Å². The first kappa shape index (κ1) is 26.1. The lowest BCUT2D eigenvalue weighted by Crippen LogP contribution is -2.43. The molecule has 0 saturated heterocycles. The normalized spacial score (nSPS) is 22.3. The highest BCUT2D eigenvalue weighted by Crippen LogP contribution is 2.39. The standard InChI is InChI=1S/C27H31F2N3O3/c1-6-15(2)25(33)24-20(28)12-18(13-21(24)29)22-11-16(3)26(35-22)19(7-9-30)17-8-10-31-23(14-17)27(4,5)32-34/h7-16,23,31H,6,30H2,1-5H3/b9-7-,26-19-/t15-,16?,23?/m1/s1. The van der Waals surface area contributed by atoms with Gasteiger partial charge in [-0.25, -0.2) is 8.78 Å². The number of halogens is 2. The Balaban J connectivity index is 1.99. The number of carbonyl (C=O) groups is 1. The minimum atomic E-state index is -0.919. The highest BCUT2D eigenvalue weighted by Gasteiger charge is 2.32. The lowest BCUT2D eigenvalue weighted by molar-refractivity contribution is 0.0918. The van der Waals surface area contributed by atoms with E-state index in [0.29, 0.717) is 17.8 Å². The largest absolute Gasteiger partial charge is 0.460 e. The first-order chi connectivity index (χ1) is 16.5. The molecule has 0 radical (unpaired) electrons. The van der Waals surface area contributed by atoms with Crippen LogP contribution in [0, 0.1) is 28.4 Å². The number of nitroso groups, excluding NO2 is 1. The average molecular weight is 484 g/mol. The van der Waals surface area contributed by atoms with Crippen molar-refractivity contribution in [1.29, 1.82) is 0 Å². The molecule has 2 aliphatic rings. The van der Waals surface area contributed by atoms with Crippen molar-refractivity contribution >= 4 is 11.5 Å². The number of benzene rings is 1. The molecule has 0 spiro atoms. The number of carbonyl (C=O) groups excluding carboxylic acids is 1. The number of rotatable bonds is 8. The fourth-order valence-electron chi connectivity index (χ4n) is 3.97. The highest BCUT2D eigenvalue weighted by atomic mass is 19.1. The third-order valence-electron chi connectivity index (χ3n) is 6.39. The number of nitrogens with two attached hydrogens (primary N) is 1. The molecule has 1 aromatic carbocycles. The zero-order valence-corrected chi connectivity index (χ0v) is 20.6. The Labute approximate surface area is 204 Å². The number of Topliss-reactive ketones (excluding diaryl/α,β-unsaturated/α-hetero) is 1. The van der Waals surface area contributed by atoms with Crippen LogP contribution in [0.15, 0.2) is 70.9 Å². The Morgan fingerprint density at radius 1 is 1.29 bits per heavy atom. The van der Waals surface area contributed by atoms with Gasteiger partial charge >= 0.3 is 0 Å². The van der Waals surface area contributed by atoms with Crippen LogP contribution in [0.2, 0.25) is 0 Å². The molecule has 3 N–H and O–H groups in total. The Kier molecular flexibility index (Phi) is 7.73. The summed E-state index contributed by atoms with van der Waals surface area (Å²) in [6.45, 7) is 8.77. The summed E-state index contributed by atoms with van der Waals surface area (Å²) in [6.07, 6.45) is 10.7. The summed E-state index contributed by atoms with van der Waals surface area (Å²) < 4.78 is 35.7. The van der Waals surface area contributed by atoms with Crippen LogP contribution in [0.5, 0.6) is 0 Å². The van der Waals surface area contributed by atoms with E-state index in [2.05, 4.69) is 10.5 Å². The molecule has 1 aromatic rings. The molecule has 0 amide bonds. The Bertz CT molecular complexity index is 1160. The maximum Gasteiger partial charge on any atom is 0.171 e. The summed E-state index contributed by atoms with van der Waals surface area (Å²) in [7, 11) is 0. The van der Waals surface area contributed by atoms with E-state index in [9.17, 15) is 18.5 Å². The summed E-state index contributed by atoms with van der Waals surface area (Å²) in [5.41, 5.74) is 5.90. The predicted octanol–water partition coefficient (Wildman–Crippen LogP) is 5.88. The minimum absolute atomic E-state index is 0.192. The molecule has 8 heteroatoms. The topological polar surface area (TPSA) is 93.8 Å². The van der Waals surface area contributed by atoms with E-state index in [1.807, 2.05) is 19.1 Å². The summed E-state index contributed by atoms with van der Waals surface area (Å²) in [6, 6.07) is 1.89. The molecule has 0 bridgehead atoms. The zero-order valence-electron chi connectivity index (χ0n) is 20.6. The average Bonchev–Trinajstić information content (AvgIpc) is 3.22. The molecule has 6 nitrogen and oxygen atoms in total. The monoisotopic (exact) mass is 483 g/mol. The quantitative estimate of drug-likeness (QED) is 0.356. The molecule has 186 valence electrons. The molecule has 0 fully saturated rings. The molecule has 0 aliphatic carbocycles. The van der Waals surface area contributed by atoms with Crippen LogP contribution < -0.4 is 11.1 Å². The maximum atomic E-state index is 14.8. The van der Waals surface area contributed by atoms with Crippen molar-refractivity contribution in [3.8, 4) is 0 Å². The summed E-state index contributed by atoms with van der Waals surface area (Å²) >= 11 is 0. The van der Waals surface area contributed by atoms with Crippen LogP contribution in [0.25, 0.3) is 5.76 Å². The van der Waals surface area contributed by atoms with Gasteiger partial charge in [0.05, 0.1) is 11.6 Å². The molecule has 0 saturated carbocycles. The van der Waals surface area contributed by atoms with E-state index in [-0.39, 0.29) is 23.3 Å². The van der Waals surface area contributed by atoms with Gasteiger partial charge in [0.2, 0.25) is 0 Å². The fourth-order valence-corrected chi connectivity index (χ4v) is 3.97. The summed E-state index contributed by atoms with van der Waals surface area (Å²) in [5, 5.41) is 6.33. The smallest absolute Gasteiger partial charge is 0.171 e. The first-order valence-corrected chi connectivity index (χ1v) is 11.6. The minimum Gasteiger partial charge on any atom is -0.460 e. The van der Waals surface area contributed by atoms with E-state index in [1.54, 1.807) is 46.0 Å². The van der Waals surface area contributed by atoms with Gasteiger partial charge in [-0.3, -0.25) is 4.79 Å². The third-order valence-corrected chi connectivity index (χ3v) is 6.39. The van der Waals surface area contributed by atoms with Gasteiger partial charge in [0, 0.05) is 23.0 Å². The van der Waals surface area contributed by atoms with Gasteiger partial charge in [-0.05, 0) is 68.6 Å². The number of nitrogens with zero attached hydrogens (tertiary/aromatic N) is 1. The van der Waals surface area contributed by atoms with Crippen LogP contribution in [0.1, 0.15) is 57.0 Å². The van der Waals surface area contributed by atoms with Gasteiger partial charge in [-0.15, -0.1) is 0 Å². The summed E-state index contributed by atoms with van der Waals surface area (Å²) in [5.74, 6) is -2.30. The molecule has 2 aliphatic heterocycles. The van der Waals surface area contributed by atoms with E-state index >= 15 is 0 Å². The van der Waals surface area contributed by atoms with Crippen molar-refractivity contribution < 1.29 is 18.3 Å². The first-order valence-electron chi connectivity index (χ1n) is 11.6. The lowest BCUT2D eigenvalue weighted by Gasteiger charge is -2.29. The van der Waals surface area contributed by atoms with Crippen LogP contribution >= 0.6 is 0 Å². The van der Waals surface area contributed by atoms with Gasteiger partial charge in [0.1, 0.15) is 28.7 Å². The predicted molar refractivity (Wildman–Crippen MR) is 133 cm³/mol. The van der Waals surface area contributed by atoms with Crippen molar-refractivity contribution in [1.82, 2.24) is 5.32 Å². The Morgan fingerprint density at radius 2 is 1.94 bits per heavy atom. The number of allylic oxidation sites excluding steroid dienone is 5. The maximum absolute atomic E-state index is 14.8. The number of ketones is 1. The van der Waals surface area contributed by atoms with Gasteiger partial charge in [-0.1, -0.05) is 32.0 Å². The molecule has 0 aromatic heterocycles.